The number of hydrogen-bond acceptors (Lipinski definition) is 5. The molecular weight excluding hydrogens is 260 g/mol. The second-order valence-electron chi connectivity index (χ2n) is 4.66. The summed E-state index contributed by atoms with van der Waals surface area (Å²) in [6.45, 7) is 0. The molecule has 0 spiro atoms. The standard InChI is InChI=1S/C14H12N2O4/c17-13-12(14(18)19)11(7-15-16-13)20-10-3-1-2-9(6-10)8-4-5-8/h1-3,6-8H,4-5H2,(H,16,17)(H,18,19). The van der Waals surface area contributed by atoms with Gasteiger partial charge in [-0.2, -0.15) is 5.10 Å². The number of carbonyl (C=O) groups is 1. The average molecular weight is 272 g/mol. The van der Waals surface area contributed by atoms with Crippen LogP contribution < -0.4 is 4.74 Å². The van der Waals surface area contributed by atoms with Gasteiger partial charge in [-0.05, 0) is 36.5 Å². The summed E-state index contributed by atoms with van der Waals surface area (Å²) < 4.78 is 5.53. The lowest BCUT2D eigenvalue weighted by Crippen LogP contribution is -2.03. The van der Waals surface area contributed by atoms with Crippen LogP contribution in [-0.2, 0) is 0 Å². The van der Waals surface area contributed by atoms with E-state index in [-0.39, 0.29) is 5.75 Å². The zero-order chi connectivity index (χ0) is 14.1. The highest BCUT2D eigenvalue weighted by Gasteiger charge is 2.24. The molecule has 0 bridgehead atoms. The number of aromatic nitrogens is 2. The summed E-state index contributed by atoms with van der Waals surface area (Å²) in [7, 11) is 0. The molecule has 6 heteroatoms. The SMILES string of the molecule is O=C(O)c1c(Oc2cccc(C3CC3)c2)cnnc1O. The fourth-order valence-electron chi connectivity index (χ4n) is 2.01. The van der Waals surface area contributed by atoms with Crippen molar-refractivity contribution in [2.75, 3.05) is 0 Å². The van der Waals surface area contributed by atoms with Crippen LogP contribution in [-0.4, -0.2) is 26.4 Å². The summed E-state index contributed by atoms with van der Waals surface area (Å²) in [5, 5.41) is 25.3. The zero-order valence-electron chi connectivity index (χ0n) is 10.5. The minimum atomic E-state index is -1.31. The molecular formula is C14H12N2O4. The second-order valence-corrected chi connectivity index (χ2v) is 4.66. The maximum Gasteiger partial charge on any atom is 0.345 e. The lowest BCUT2D eigenvalue weighted by Gasteiger charge is -2.09. The Kier molecular flexibility index (Phi) is 2.98. The molecule has 1 fully saturated rings. The number of aromatic carboxylic acids is 1. The first-order valence-electron chi connectivity index (χ1n) is 6.21. The van der Waals surface area contributed by atoms with Gasteiger partial charge < -0.3 is 14.9 Å². The number of benzene rings is 1. The molecule has 1 aromatic heterocycles. The summed E-state index contributed by atoms with van der Waals surface area (Å²) in [5.74, 6) is -0.914. The molecule has 1 aliphatic rings. The first-order chi connectivity index (χ1) is 9.65. The van der Waals surface area contributed by atoms with E-state index in [1.807, 2.05) is 18.2 Å². The van der Waals surface area contributed by atoms with Crippen molar-refractivity contribution in [3.63, 3.8) is 0 Å². The van der Waals surface area contributed by atoms with Gasteiger partial charge in [-0.15, -0.1) is 5.10 Å². The van der Waals surface area contributed by atoms with Gasteiger partial charge in [-0.3, -0.25) is 0 Å². The highest BCUT2D eigenvalue weighted by molar-refractivity contribution is 5.93. The Balaban J connectivity index is 1.93. The molecule has 2 N–H and O–H groups in total. The van der Waals surface area contributed by atoms with Crippen LogP contribution in [0.25, 0.3) is 0 Å². The summed E-state index contributed by atoms with van der Waals surface area (Å²) in [5.41, 5.74) is 0.780. The molecule has 0 saturated heterocycles. The van der Waals surface area contributed by atoms with Crippen molar-refractivity contribution < 1.29 is 19.7 Å². The maximum absolute atomic E-state index is 11.1. The lowest BCUT2D eigenvalue weighted by atomic mass is 10.1. The van der Waals surface area contributed by atoms with E-state index in [1.165, 1.54) is 24.6 Å². The summed E-state index contributed by atoms with van der Waals surface area (Å²) >= 11 is 0. The van der Waals surface area contributed by atoms with Gasteiger partial charge in [0.05, 0.1) is 6.20 Å². The quantitative estimate of drug-likeness (QED) is 0.888. The van der Waals surface area contributed by atoms with Crippen LogP contribution in [0, 0.1) is 0 Å². The number of ether oxygens (including phenoxy) is 1. The van der Waals surface area contributed by atoms with Crippen LogP contribution in [0.4, 0.5) is 0 Å². The molecule has 1 saturated carbocycles. The normalized spacial score (nSPS) is 14.0. The van der Waals surface area contributed by atoms with Crippen LogP contribution in [0.3, 0.4) is 0 Å². The van der Waals surface area contributed by atoms with E-state index in [2.05, 4.69) is 10.2 Å². The second kappa shape index (κ2) is 4.80. The average Bonchev–Trinajstić information content (AvgIpc) is 3.23. The van der Waals surface area contributed by atoms with Crippen LogP contribution in [0.1, 0.15) is 34.7 Å². The molecule has 1 aliphatic carbocycles. The van der Waals surface area contributed by atoms with Crippen molar-refractivity contribution in [1.82, 2.24) is 10.2 Å². The Morgan fingerprint density at radius 3 is 2.85 bits per heavy atom. The molecule has 102 valence electrons. The first-order valence-corrected chi connectivity index (χ1v) is 6.21. The lowest BCUT2D eigenvalue weighted by molar-refractivity contribution is 0.0689. The predicted molar refractivity (Wildman–Crippen MR) is 69.1 cm³/mol. The Bertz CT molecular complexity index is 668. The predicted octanol–water partition coefficient (Wildman–Crippen LogP) is 2.55. The van der Waals surface area contributed by atoms with Gasteiger partial charge in [0.15, 0.2) is 11.3 Å². The van der Waals surface area contributed by atoms with Crippen molar-refractivity contribution in [2.45, 2.75) is 18.8 Å². The molecule has 1 aromatic carbocycles. The highest BCUT2D eigenvalue weighted by Crippen LogP contribution is 2.41. The zero-order valence-corrected chi connectivity index (χ0v) is 10.5. The molecule has 2 aromatic rings. The third kappa shape index (κ3) is 2.40. The molecule has 6 nitrogen and oxygen atoms in total. The molecule has 0 aliphatic heterocycles. The number of aromatic hydroxyl groups is 1. The molecule has 0 radical (unpaired) electrons. The van der Waals surface area contributed by atoms with E-state index in [4.69, 9.17) is 9.84 Å². The Morgan fingerprint density at radius 2 is 2.15 bits per heavy atom. The van der Waals surface area contributed by atoms with Gasteiger partial charge in [0, 0.05) is 0 Å². The topological polar surface area (TPSA) is 92.5 Å². The number of hydrogen-bond donors (Lipinski definition) is 2. The fraction of sp³-hybridized carbons (Fsp3) is 0.214. The van der Waals surface area contributed by atoms with E-state index in [1.54, 1.807) is 6.07 Å². The van der Waals surface area contributed by atoms with Crippen molar-refractivity contribution in [3.05, 3.63) is 41.6 Å². The van der Waals surface area contributed by atoms with Crippen LogP contribution in [0.5, 0.6) is 17.4 Å². The van der Waals surface area contributed by atoms with E-state index in [0.717, 1.165) is 0 Å². The Labute approximate surface area is 114 Å². The summed E-state index contributed by atoms with van der Waals surface area (Å²) in [6.07, 6.45) is 3.51. The first kappa shape index (κ1) is 12.4. The van der Waals surface area contributed by atoms with Gasteiger partial charge in [-0.25, -0.2) is 4.79 Å². The van der Waals surface area contributed by atoms with Gasteiger partial charge in [-0.1, -0.05) is 12.1 Å². The highest BCUT2D eigenvalue weighted by atomic mass is 16.5. The van der Waals surface area contributed by atoms with Gasteiger partial charge in [0.1, 0.15) is 5.75 Å². The minimum absolute atomic E-state index is 0.0297. The summed E-state index contributed by atoms with van der Waals surface area (Å²) in [6, 6.07) is 7.48. The fourth-order valence-corrected chi connectivity index (χ4v) is 2.01. The maximum atomic E-state index is 11.1. The number of rotatable bonds is 4. The van der Waals surface area contributed by atoms with Crippen LogP contribution >= 0.6 is 0 Å². The van der Waals surface area contributed by atoms with Gasteiger partial charge >= 0.3 is 5.97 Å². The smallest absolute Gasteiger partial charge is 0.345 e. The van der Waals surface area contributed by atoms with Crippen LogP contribution in [0.15, 0.2) is 30.5 Å². The monoisotopic (exact) mass is 272 g/mol. The van der Waals surface area contributed by atoms with E-state index >= 15 is 0 Å². The molecule has 0 amide bonds. The van der Waals surface area contributed by atoms with Crippen molar-refractivity contribution in [2.24, 2.45) is 0 Å². The van der Waals surface area contributed by atoms with Gasteiger partial charge in [0.2, 0.25) is 5.88 Å². The van der Waals surface area contributed by atoms with Crippen molar-refractivity contribution in [1.29, 1.82) is 0 Å². The largest absolute Gasteiger partial charge is 0.491 e. The van der Waals surface area contributed by atoms with E-state index in [0.29, 0.717) is 11.7 Å². The molecule has 1 heterocycles. The molecule has 3 rings (SSSR count). The number of carboxylic acid groups (broad SMARTS) is 1. The third-order valence-electron chi connectivity index (χ3n) is 3.15. The van der Waals surface area contributed by atoms with Crippen LogP contribution in [0.2, 0.25) is 0 Å². The van der Waals surface area contributed by atoms with Crippen molar-refractivity contribution in [3.8, 4) is 17.4 Å². The Morgan fingerprint density at radius 1 is 1.35 bits per heavy atom. The molecule has 20 heavy (non-hydrogen) atoms. The van der Waals surface area contributed by atoms with E-state index in [9.17, 15) is 9.90 Å². The van der Waals surface area contributed by atoms with Gasteiger partial charge in [0.25, 0.3) is 0 Å². The summed E-state index contributed by atoms with van der Waals surface area (Å²) in [4.78, 5) is 11.1. The molecule has 0 atom stereocenters. The number of carboxylic acids is 1. The molecule has 0 unspecified atom stereocenters. The Hall–Kier alpha value is -2.63. The van der Waals surface area contributed by atoms with Crippen molar-refractivity contribution >= 4 is 5.97 Å². The third-order valence-corrected chi connectivity index (χ3v) is 3.15. The van der Waals surface area contributed by atoms with E-state index < -0.39 is 17.4 Å². The number of nitrogens with zero attached hydrogens (tertiary/aromatic N) is 2. The minimum Gasteiger partial charge on any atom is -0.491 e.